The monoisotopic (exact) mass is 341 g/mol. The summed E-state index contributed by atoms with van der Waals surface area (Å²) in [4.78, 5) is 23.7. The molecule has 0 saturated carbocycles. The predicted molar refractivity (Wildman–Crippen MR) is 94.3 cm³/mol. The predicted octanol–water partition coefficient (Wildman–Crippen LogP) is 2.33. The topological polar surface area (TPSA) is 94.1 Å². The molecule has 2 aromatic heterocycles. The van der Waals surface area contributed by atoms with Gasteiger partial charge < -0.3 is 19.8 Å². The van der Waals surface area contributed by atoms with Gasteiger partial charge in [0.2, 0.25) is 5.95 Å². The number of anilines is 2. The van der Waals surface area contributed by atoms with Crippen LogP contribution in [0.5, 0.6) is 11.5 Å². The van der Waals surface area contributed by atoms with Crippen molar-refractivity contribution in [3.63, 3.8) is 0 Å². The first-order valence-corrected chi connectivity index (χ1v) is 7.64. The lowest BCUT2D eigenvalue weighted by atomic mass is 10.2. The maximum absolute atomic E-state index is 12.3. The molecule has 2 heterocycles. The fourth-order valence-corrected chi connectivity index (χ4v) is 2.57. The molecule has 0 saturated heterocycles. The molecule has 0 aliphatic rings. The maximum atomic E-state index is 12.3. The van der Waals surface area contributed by atoms with Gasteiger partial charge in [0.05, 0.1) is 19.9 Å². The molecule has 0 unspecified atom stereocenters. The summed E-state index contributed by atoms with van der Waals surface area (Å²) < 4.78 is 12.1. The molecule has 8 nitrogen and oxygen atoms in total. The molecular weight excluding hydrogens is 322 g/mol. The third kappa shape index (κ3) is 3.32. The Kier molecular flexibility index (Phi) is 4.42. The van der Waals surface area contributed by atoms with Gasteiger partial charge in [0, 0.05) is 23.7 Å². The first-order chi connectivity index (χ1) is 12.0. The molecule has 0 amide bonds. The lowest BCUT2D eigenvalue weighted by molar-refractivity contribution is 0.393. The number of methoxy groups -OCH3 is 2. The smallest absolute Gasteiger partial charge is 0.331 e. The fraction of sp³-hybridized carbons (Fsp3) is 0.235. The van der Waals surface area contributed by atoms with Crippen LogP contribution >= 0.6 is 0 Å². The van der Waals surface area contributed by atoms with Gasteiger partial charge in [-0.3, -0.25) is 0 Å². The van der Waals surface area contributed by atoms with Crippen LogP contribution in [-0.4, -0.2) is 33.7 Å². The zero-order valence-corrected chi connectivity index (χ0v) is 14.5. The van der Waals surface area contributed by atoms with E-state index in [2.05, 4.69) is 20.3 Å². The minimum absolute atomic E-state index is 0.310. The number of aromatic amines is 1. The number of nitrogens with one attached hydrogen (secondary N) is 2. The quantitative estimate of drug-likeness (QED) is 0.740. The van der Waals surface area contributed by atoms with Crippen LogP contribution in [0.1, 0.15) is 11.4 Å². The second-order valence-corrected chi connectivity index (χ2v) is 5.45. The Balaban J connectivity index is 2.07. The van der Waals surface area contributed by atoms with Crippen molar-refractivity contribution < 1.29 is 9.47 Å². The van der Waals surface area contributed by atoms with Crippen LogP contribution < -0.4 is 20.5 Å². The summed E-state index contributed by atoms with van der Waals surface area (Å²) in [6, 6.07) is 7.10. The molecule has 3 rings (SSSR count). The number of aryl methyl sites for hydroxylation is 2. The second kappa shape index (κ2) is 6.68. The van der Waals surface area contributed by atoms with Crippen LogP contribution in [0, 0.1) is 13.8 Å². The van der Waals surface area contributed by atoms with E-state index in [0.29, 0.717) is 29.0 Å². The van der Waals surface area contributed by atoms with E-state index in [4.69, 9.17) is 9.47 Å². The molecule has 1 aromatic carbocycles. The first-order valence-electron chi connectivity index (χ1n) is 7.64. The lowest BCUT2D eigenvalue weighted by Gasteiger charge is -2.13. The van der Waals surface area contributed by atoms with E-state index in [1.807, 2.05) is 19.9 Å². The summed E-state index contributed by atoms with van der Waals surface area (Å²) >= 11 is 0. The Morgan fingerprint density at radius 2 is 1.80 bits per heavy atom. The third-order valence-corrected chi connectivity index (χ3v) is 3.63. The molecule has 0 aliphatic heterocycles. The molecule has 2 N–H and O–H groups in total. The number of aromatic nitrogens is 4. The summed E-state index contributed by atoms with van der Waals surface area (Å²) in [7, 11) is 3.11. The third-order valence-electron chi connectivity index (χ3n) is 3.63. The Hall–Kier alpha value is -3.29. The van der Waals surface area contributed by atoms with Gasteiger partial charge in [0.1, 0.15) is 17.3 Å². The van der Waals surface area contributed by atoms with Crippen LogP contribution in [-0.2, 0) is 0 Å². The summed E-state index contributed by atoms with van der Waals surface area (Å²) in [6.45, 7) is 3.77. The molecule has 0 atom stereocenters. The minimum Gasteiger partial charge on any atom is -0.497 e. The molecule has 130 valence electrons. The lowest BCUT2D eigenvalue weighted by Crippen LogP contribution is -2.17. The molecular formula is C17H19N5O3. The molecule has 0 bridgehead atoms. The van der Waals surface area contributed by atoms with Gasteiger partial charge >= 0.3 is 5.69 Å². The Morgan fingerprint density at radius 3 is 2.44 bits per heavy atom. The Labute approximate surface area is 144 Å². The average Bonchev–Trinajstić information content (AvgIpc) is 2.93. The van der Waals surface area contributed by atoms with E-state index in [1.165, 1.54) is 11.7 Å². The molecule has 25 heavy (non-hydrogen) atoms. The summed E-state index contributed by atoms with van der Waals surface area (Å²) in [5.41, 5.74) is 1.93. The van der Waals surface area contributed by atoms with E-state index >= 15 is 0 Å². The molecule has 0 spiro atoms. The van der Waals surface area contributed by atoms with Crippen molar-refractivity contribution in [1.82, 2.24) is 19.5 Å². The average molecular weight is 341 g/mol. The van der Waals surface area contributed by atoms with Crippen molar-refractivity contribution in [2.24, 2.45) is 0 Å². The molecule has 0 fully saturated rings. The summed E-state index contributed by atoms with van der Waals surface area (Å²) in [6.07, 6.45) is 1.56. The number of H-pyrrole nitrogens is 1. The van der Waals surface area contributed by atoms with Crippen LogP contribution in [0.3, 0.4) is 0 Å². The SMILES string of the molecule is COc1ccc(-n2c(Nc3nc(C)cc(C)n3)c[nH]c2=O)c(OC)c1. The minimum atomic E-state index is -0.310. The number of benzene rings is 1. The van der Waals surface area contributed by atoms with Crippen LogP contribution in [0.25, 0.3) is 5.69 Å². The molecule has 3 aromatic rings. The molecule has 0 aliphatic carbocycles. The van der Waals surface area contributed by atoms with Crippen molar-refractivity contribution >= 4 is 11.8 Å². The number of hydrogen-bond acceptors (Lipinski definition) is 6. The Bertz CT molecular complexity index is 941. The van der Waals surface area contributed by atoms with Gasteiger partial charge in [-0.2, -0.15) is 0 Å². The molecule has 0 radical (unpaired) electrons. The number of nitrogens with zero attached hydrogens (tertiary/aromatic N) is 3. The van der Waals surface area contributed by atoms with Crippen molar-refractivity contribution in [3.8, 4) is 17.2 Å². The van der Waals surface area contributed by atoms with Gasteiger partial charge in [0.15, 0.2) is 0 Å². The van der Waals surface area contributed by atoms with E-state index in [0.717, 1.165) is 11.4 Å². The van der Waals surface area contributed by atoms with Gasteiger partial charge in [-0.1, -0.05) is 0 Å². The van der Waals surface area contributed by atoms with Crippen molar-refractivity contribution in [3.05, 3.63) is 52.3 Å². The first kappa shape index (κ1) is 16.6. The van der Waals surface area contributed by atoms with Crippen LogP contribution in [0.2, 0.25) is 0 Å². The molecule has 8 heteroatoms. The fourth-order valence-electron chi connectivity index (χ4n) is 2.57. The highest BCUT2D eigenvalue weighted by Gasteiger charge is 2.15. The maximum Gasteiger partial charge on any atom is 0.331 e. The van der Waals surface area contributed by atoms with Gasteiger partial charge in [-0.05, 0) is 32.0 Å². The summed E-state index contributed by atoms with van der Waals surface area (Å²) in [5.74, 6) is 2.05. The zero-order valence-electron chi connectivity index (χ0n) is 14.5. The zero-order chi connectivity index (χ0) is 18.0. The number of ether oxygens (including phenoxy) is 2. The van der Waals surface area contributed by atoms with Crippen LogP contribution in [0.15, 0.2) is 35.3 Å². The highest BCUT2D eigenvalue weighted by Crippen LogP contribution is 2.29. The highest BCUT2D eigenvalue weighted by molar-refractivity contribution is 5.58. The number of imidazole rings is 1. The number of rotatable bonds is 5. The normalized spacial score (nSPS) is 10.6. The summed E-state index contributed by atoms with van der Waals surface area (Å²) in [5, 5.41) is 3.08. The van der Waals surface area contributed by atoms with Gasteiger partial charge in [0.25, 0.3) is 0 Å². The van der Waals surface area contributed by atoms with E-state index in [-0.39, 0.29) is 5.69 Å². The van der Waals surface area contributed by atoms with Crippen molar-refractivity contribution in [1.29, 1.82) is 0 Å². The number of hydrogen-bond donors (Lipinski definition) is 2. The highest BCUT2D eigenvalue weighted by atomic mass is 16.5. The van der Waals surface area contributed by atoms with Gasteiger partial charge in [-0.25, -0.2) is 19.3 Å². The Morgan fingerprint density at radius 1 is 1.08 bits per heavy atom. The van der Waals surface area contributed by atoms with E-state index < -0.39 is 0 Å². The van der Waals surface area contributed by atoms with Crippen molar-refractivity contribution in [2.75, 3.05) is 19.5 Å². The van der Waals surface area contributed by atoms with E-state index in [9.17, 15) is 4.79 Å². The van der Waals surface area contributed by atoms with E-state index in [1.54, 1.807) is 31.5 Å². The standard InChI is InChI=1S/C17H19N5O3/c1-10-7-11(2)20-16(19-10)21-15-9-18-17(23)22(15)13-6-5-12(24-3)8-14(13)25-4/h5-9H,1-4H3,(H,18,23)(H,19,20,21). The second-order valence-electron chi connectivity index (χ2n) is 5.45. The van der Waals surface area contributed by atoms with Gasteiger partial charge in [-0.15, -0.1) is 0 Å². The largest absolute Gasteiger partial charge is 0.497 e. The van der Waals surface area contributed by atoms with Crippen LogP contribution in [0.4, 0.5) is 11.8 Å². The van der Waals surface area contributed by atoms with Crippen molar-refractivity contribution in [2.45, 2.75) is 13.8 Å².